The molecule has 1 atom stereocenters. The molecule has 0 bridgehead atoms. The zero-order chi connectivity index (χ0) is 18.0. The Balaban J connectivity index is 2.72. The first-order valence-corrected chi connectivity index (χ1v) is 8.50. The van der Waals surface area contributed by atoms with E-state index in [9.17, 15) is 14.4 Å². The Morgan fingerprint density at radius 1 is 1.46 bits per heavy atom. The van der Waals surface area contributed by atoms with Crippen LogP contribution >= 0.6 is 31.9 Å². The zero-order valence-electron chi connectivity index (χ0n) is 12.8. The predicted molar refractivity (Wildman–Crippen MR) is 91.8 cm³/mol. The van der Waals surface area contributed by atoms with Crippen molar-refractivity contribution >= 4 is 37.8 Å². The van der Waals surface area contributed by atoms with Crippen LogP contribution < -0.4 is 5.73 Å². The van der Waals surface area contributed by atoms with Crippen LogP contribution in [0.2, 0.25) is 0 Å². The summed E-state index contributed by atoms with van der Waals surface area (Å²) >= 11 is 6.40. The summed E-state index contributed by atoms with van der Waals surface area (Å²) in [5.74, 6) is -1.78. The van der Waals surface area contributed by atoms with Crippen LogP contribution in [-0.4, -0.2) is 12.6 Å². The Bertz CT molecular complexity index is 812. The fourth-order valence-corrected chi connectivity index (χ4v) is 3.33. The molecule has 0 radical (unpaired) electrons. The first-order valence-electron chi connectivity index (χ1n) is 6.91. The molecule has 0 aromatic heterocycles. The van der Waals surface area contributed by atoms with E-state index < -0.39 is 17.7 Å². The predicted octanol–water partition coefficient (Wildman–Crippen LogP) is 4.00. The molecule has 1 aliphatic rings. The van der Waals surface area contributed by atoms with E-state index in [2.05, 4.69) is 31.9 Å². The number of nitrogens with zero attached hydrogens (tertiary/aromatic N) is 1. The summed E-state index contributed by atoms with van der Waals surface area (Å²) in [6.07, 6.45) is 0. The third-order valence-corrected chi connectivity index (χ3v) is 4.75. The summed E-state index contributed by atoms with van der Waals surface area (Å²) in [4.78, 5) is 12.4. The highest BCUT2D eigenvalue weighted by Crippen LogP contribution is 2.43. The summed E-state index contributed by atoms with van der Waals surface area (Å²) in [6.45, 7) is 3.40. The molecule has 126 valence electrons. The van der Waals surface area contributed by atoms with Crippen molar-refractivity contribution in [3.05, 3.63) is 55.2 Å². The Morgan fingerprint density at radius 3 is 2.71 bits per heavy atom. The molecular formula is C16H13Br2FN2O3. The van der Waals surface area contributed by atoms with E-state index in [-0.39, 0.29) is 33.9 Å². The average Bonchev–Trinajstić information content (AvgIpc) is 2.50. The SMILES string of the molecule is CCOC(=O)C1=C(C)OC(N)=C(C#N)C1c1cc(Br)c(F)cc1Br. The van der Waals surface area contributed by atoms with Gasteiger partial charge in [0.25, 0.3) is 0 Å². The van der Waals surface area contributed by atoms with Gasteiger partial charge in [-0.1, -0.05) is 15.9 Å². The molecular weight excluding hydrogens is 447 g/mol. The number of carbonyl (C=O) groups excluding carboxylic acids is 1. The number of esters is 1. The molecule has 2 rings (SSSR count). The molecule has 0 spiro atoms. The molecule has 0 amide bonds. The highest BCUT2D eigenvalue weighted by atomic mass is 79.9. The fourth-order valence-electron chi connectivity index (χ4n) is 2.42. The van der Waals surface area contributed by atoms with Crippen LogP contribution in [0.5, 0.6) is 0 Å². The van der Waals surface area contributed by atoms with Crippen LogP contribution in [-0.2, 0) is 14.3 Å². The van der Waals surface area contributed by atoms with Crippen molar-refractivity contribution in [1.29, 1.82) is 5.26 Å². The average molecular weight is 460 g/mol. The number of nitriles is 1. The summed E-state index contributed by atoms with van der Waals surface area (Å²) in [5, 5.41) is 9.48. The van der Waals surface area contributed by atoms with Gasteiger partial charge in [0.15, 0.2) is 0 Å². The molecule has 1 heterocycles. The van der Waals surface area contributed by atoms with E-state index in [4.69, 9.17) is 15.2 Å². The number of hydrogen-bond acceptors (Lipinski definition) is 5. The van der Waals surface area contributed by atoms with Crippen LogP contribution in [0.15, 0.2) is 43.9 Å². The number of ether oxygens (including phenoxy) is 2. The Morgan fingerprint density at radius 2 is 2.12 bits per heavy atom. The van der Waals surface area contributed by atoms with E-state index in [1.807, 2.05) is 6.07 Å². The Kier molecular flexibility index (Phi) is 5.67. The third kappa shape index (κ3) is 3.32. The number of benzene rings is 1. The standard InChI is InChI=1S/C16H13Br2FN2O3/c1-3-23-16(22)13-7(2)24-15(21)9(6-20)14(13)8-4-11(18)12(19)5-10(8)17/h4-5,14H,3,21H2,1-2H3. The van der Waals surface area contributed by atoms with Gasteiger partial charge in [-0.25, -0.2) is 9.18 Å². The van der Waals surface area contributed by atoms with Crippen molar-refractivity contribution < 1.29 is 18.7 Å². The maximum atomic E-state index is 13.7. The summed E-state index contributed by atoms with van der Waals surface area (Å²) in [5.41, 5.74) is 6.52. The van der Waals surface area contributed by atoms with Gasteiger partial charge in [0.2, 0.25) is 5.88 Å². The number of hydrogen-bond donors (Lipinski definition) is 1. The number of carbonyl (C=O) groups is 1. The fraction of sp³-hybridized carbons (Fsp3) is 0.250. The number of nitrogens with two attached hydrogens (primary N) is 1. The number of allylic oxidation sites excluding steroid dienone is 2. The lowest BCUT2D eigenvalue weighted by molar-refractivity contribution is -0.139. The van der Waals surface area contributed by atoms with Gasteiger partial charge >= 0.3 is 5.97 Å². The first kappa shape index (κ1) is 18.5. The summed E-state index contributed by atoms with van der Waals surface area (Å²) in [6, 6.07) is 4.71. The van der Waals surface area contributed by atoms with E-state index >= 15 is 0 Å². The highest BCUT2D eigenvalue weighted by molar-refractivity contribution is 9.11. The van der Waals surface area contributed by atoms with E-state index in [1.165, 1.54) is 12.1 Å². The Labute approximate surface area is 155 Å². The molecule has 0 fully saturated rings. The number of rotatable bonds is 3. The van der Waals surface area contributed by atoms with E-state index in [0.29, 0.717) is 10.0 Å². The van der Waals surface area contributed by atoms with E-state index in [0.717, 1.165) is 0 Å². The monoisotopic (exact) mass is 458 g/mol. The first-order chi connectivity index (χ1) is 11.3. The molecule has 0 aliphatic carbocycles. The van der Waals surface area contributed by atoms with Gasteiger partial charge in [-0.05, 0) is 47.5 Å². The maximum absolute atomic E-state index is 13.7. The number of halogens is 3. The maximum Gasteiger partial charge on any atom is 0.338 e. The quantitative estimate of drug-likeness (QED) is 0.545. The topological polar surface area (TPSA) is 85.3 Å². The molecule has 8 heteroatoms. The van der Waals surface area contributed by atoms with Gasteiger partial charge in [0.1, 0.15) is 23.2 Å². The minimum atomic E-state index is -0.825. The molecule has 0 saturated heterocycles. The van der Waals surface area contributed by atoms with Gasteiger partial charge < -0.3 is 15.2 Å². The molecule has 2 N–H and O–H groups in total. The molecule has 1 aliphatic heterocycles. The smallest absolute Gasteiger partial charge is 0.338 e. The van der Waals surface area contributed by atoms with Gasteiger partial charge in [0.05, 0.1) is 22.6 Å². The molecule has 1 aromatic carbocycles. The van der Waals surface area contributed by atoms with Crippen LogP contribution in [0.3, 0.4) is 0 Å². The second-order valence-corrected chi connectivity index (χ2v) is 6.61. The van der Waals surface area contributed by atoms with Crippen molar-refractivity contribution in [2.24, 2.45) is 5.73 Å². The molecule has 1 unspecified atom stereocenters. The molecule has 5 nitrogen and oxygen atoms in total. The van der Waals surface area contributed by atoms with Crippen LogP contribution in [0.1, 0.15) is 25.3 Å². The van der Waals surface area contributed by atoms with Crippen LogP contribution in [0, 0.1) is 17.1 Å². The summed E-state index contributed by atoms with van der Waals surface area (Å²) < 4.78 is 24.7. The minimum Gasteiger partial charge on any atom is -0.463 e. The summed E-state index contributed by atoms with van der Waals surface area (Å²) in [7, 11) is 0. The second kappa shape index (κ2) is 7.36. The van der Waals surface area contributed by atoms with Gasteiger partial charge in [-0.3, -0.25) is 0 Å². The Hall–Kier alpha value is -1.85. The second-order valence-electron chi connectivity index (χ2n) is 4.90. The lowest BCUT2D eigenvalue weighted by Gasteiger charge is -2.27. The lowest BCUT2D eigenvalue weighted by atomic mass is 9.83. The van der Waals surface area contributed by atoms with Crippen molar-refractivity contribution in [1.82, 2.24) is 0 Å². The minimum absolute atomic E-state index is 0.0582. The highest BCUT2D eigenvalue weighted by Gasteiger charge is 2.37. The van der Waals surface area contributed by atoms with Gasteiger partial charge in [-0.15, -0.1) is 0 Å². The van der Waals surface area contributed by atoms with Crippen molar-refractivity contribution in [2.45, 2.75) is 19.8 Å². The van der Waals surface area contributed by atoms with Gasteiger partial charge in [0, 0.05) is 4.47 Å². The zero-order valence-corrected chi connectivity index (χ0v) is 16.0. The molecule has 0 saturated carbocycles. The van der Waals surface area contributed by atoms with Crippen LogP contribution in [0.25, 0.3) is 0 Å². The van der Waals surface area contributed by atoms with Crippen molar-refractivity contribution in [2.75, 3.05) is 6.61 Å². The largest absolute Gasteiger partial charge is 0.463 e. The molecule has 1 aromatic rings. The van der Waals surface area contributed by atoms with Crippen LogP contribution in [0.4, 0.5) is 4.39 Å². The van der Waals surface area contributed by atoms with Gasteiger partial charge in [-0.2, -0.15) is 5.26 Å². The normalized spacial score (nSPS) is 17.4. The van der Waals surface area contributed by atoms with Crippen molar-refractivity contribution in [3.8, 4) is 6.07 Å². The van der Waals surface area contributed by atoms with Crippen molar-refractivity contribution in [3.63, 3.8) is 0 Å². The lowest BCUT2D eigenvalue weighted by Crippen LogP contribution is -2.25. The molecule has 24 heavy (non-hydrogen) atoms. The van der Waals surface area contributed by atoms with E-state index in [1.54, 1.807) is 13.8 Å². The third-order valence-electron chi connectivity index (χ3n) is 3.45.